The smallest absolute Gasteiger partial charge is 0.319 e. The van der Waals surface area contributed by atoms with Crippen molar-refractivity contribution in [3.05, 3.63) is 40.6 Å². The summed E-state index contributed by atoms with van der Waals surface area (Å²) < 4.78 is 5.37. The molecule has 0 saturated heterocycles. The number of anilines is 2. The molecule has 0 fully saturated rings. The molecule has 3 amide bonds. The quantitative estimate of drug-likeness (QED) is 0.775. The lowest BCUT2D eigenvalue weighted by Gasteiger charge is -2.30. The molecule has 0 spiro atoms. The van der Waals surface area contributed by atoms with Crippen molar-refractivity contribution in [1.29, 1.82) is 0 Å². The number of ether oxygens (including phenoxy) is 1. The molecule has 0 saturated carbocycles. The van der Waals surface area contributed by atoms with E-state index in [-0.39, 0.29) is 30.0 Å². The van der Waals surface area contributed by atoms with Gasteiger partial charge in [0.25, 0.3) is 5.91 Å². The lowest BCUT2D eigenvalue weighted by molar-refractivity contribution is -0.118. The Morgan fingerprint density at radius 2 is 2.12 bits per heavy atom. The molecule has 6 nitrogen and oxygen atoms in total. The van der Waals surface area contributed by atoms with Gasteiger partial charge in [0.15, 0.2) is 6.61 Å². The van der Waals surface area contributed by atoms with Crippen LogP contribution in [0.15, 0.2) is 35.7 Å². The van der Waals surface area contributed by atoms with Gasteiger partial charge < -0.3 is 20.7 Å². The molecule has 2 heterocycles. The monoisotopic (exact) mass is 359 g/mol. The lowest BCUT2D eigenvalue weighted by Crippen LogP contribution is -2.38. The van der Waals surface area contributed by atoms with Crippen molar-refractivity contribution in [2.75, 3.05) is 17.2 Å². The summed E-state index contributed by atoms with van der Waals surface area (Å²) in [5.74, 6) is 0.359. The molecule has 1 atom stereocenters. The SMILES string of the molecule is CC(C)(C)C(NC(=O)Nc1ccc2c(c1)OCC(=O)N2)c1cccs1. The second-order valence-corrected chi connectivity index (χ2v) is 7.94. The Labute approximate surface area is 150 Å². The minimum atomic E-state index is -0.284. The first-order valence-electron chi connectivity index (χ1n) is 8.00. The summed E-state index contributed by atoms with van der Waals surface area (Å²) in [5, 5.41) is 10.6. The zero-order valence-electron chi connectivity index (χ0n) is 14.4. The topological polar surface area (TPSA) is 79.5 Å². The third-order valence-corrected chi connectivity index (χ3v) is 4.78. The standard InChI is InChI=1S/C18H21N3O3S/c1-18(2,3)16(14-5-4-8-25-14)21-17(23)19-11-6-7-12-13(9-11)24-10-15(22)20-12/h4-9,16H,10H2,1-3H3,(H,20,22)(H2,19,21,23). The number of hydrogen-bond donors (Lipinski definition) is 3. The van der Waals surface area contributed by atoms with E-state index in [4.69, 9.17) is 4.74 Å². The average molecular weight is 359 g/mol. The van der Waals surface area contributed by atoms with Gasteiger partial charge in [0.2, 0.25) is 0 Å². The van der Waals surface area contributed by atoms with Gasteiger partial charge in [-0.05, 0) is 29.0 Å². The summed E-state index contributed by atoms with van der Waals surface area (Å²) >= 11 is 1.62. The minimum absolute atomic E-state index is 0.0207. The molecule has 1 aliphatic rings. The van der Waals surface area contributed by atoms with E-state index in [2.05, 4.69) is 36.7 Å². The fourth-order valence-electron chi connectivity index (χ4n) is 2.62. The van der Waals surface area contributed by atoms with Gasteiger partial charge in [-0.3, -0.25) is 4.79 Å². The van der Waals surface area contributed by atoms with Gasteiger partial charge in [0.1, 0.15) is 5.75 Å². The number of fused-ring (bicyclic) bond motifs is 1. The van der Waals surface area contributed by atoms with Crippen LogP contribution >= 0.6 is 11.3 Å². The summed E-state index contributed by atoms with van der Waals surface area (Å²) in [6.45, 7) is 6.25. The van der Waals surface area contributed by atoms with Gasteiger partial charge in [-0.25, -0.2) is 4.79 Å². The van der Waals surface area contributed by atoms with Crippen molar-refractivity contribution in [3.8, 4) is 5.75 Å². The van der Waals surface area contributed by atoms with Crippen LogP contribution in [0.3, 0.4) is 0 Å². The molecule has 1 unspecified atom stereocenters. The summed E-state index contributed by atoms with van der Waals surface area (Å²) in [6.07, 6.45) is 0. The third kappa shape index (κ3) is 4.11. The Kier molecular flexibility index (Phi) is 4.67. The summed E-state index contributed by atoms with van der Waals surface area (Å²) in [6, 6.07) is 8.76. The van der Waals surface area contributed by atoms with Gasteiger partial charge in [-0.2, -0.15) is 0 Å². The van der Waals surface area contributed by atoms with Crippen LogP contribution in [0, 0.1) is 5.41 Å². The summed E-state index contributed by atoms with van der Waals surface area (Å²) in [7, 11) is 0. The number of nitrogens with one attached hydrogen (secondary N) is 3. The highest BCUT2D eigenvalue weighted by Crippen LogP contribution is 2.35. The van der Waals surface area contributed by atoms with Crippen molar-refractivity contribution < 1.29 is 14.3 Å². The molecule has 3 N–H and O–H groups in total. The fourth-order valence-corrected chi connectivity index (χ4v) is 3.64. The van der Waals surface area contributed by atoms with E-state index in [9.17, 15) is 9.59 Å². The number of rotatable bonds is 3. The third-order valence-electron chi connectivity index (χ3n) is 3.84. The number of benzene rings is 1. The molecule has 1 aromatic heterocycles. The molecular weight excluding hydrogens is 338 g/mol. The predicted molar refractivity (Wildman–Crippen MR) is 99.2 cm³/mol. The zero-order valence-corrected chi connectivity index (χ0v) is 15.2. The van der Waals surface area contributed by atoms with Crippen LogP contribution in [-0.2, 0) is 4.79 Å². The normalized spacial score (nSPS) is 14.8. The van der Waals surface area contributed by atoms with E-state index in [1.807, 2.05) is 17.5 Å². The Hall–Kier alpha value is -2.54. The molecular formula is C18H21N3O3S. The Bertz CT molecular complexity index is 781. The molecule has 2 aromatic rings. The molecule has 0 aliphatic carbocycles. The number of thiophene rings is 1. The van der Waals surface area contributed by atoms with Crippen molar-refractivity contribution in [1.82, 2.24) is 5.32 Å². The van der Waals surface area contributed by atoms with Crippen LogP contribution < -0.4 is 20.7 Å². The first kappa shape index (κ1) is 17.3. The first-order valence-corrected chi connectivity index (χ1v) is 8.88. The largest absolute Gasteiger partial charge is 0.482 e. The molecule has 132 valence electrons. The molecule has 7 heteroatoms. The second kappa shape index (κ2) is 6.76. The predicted octanol–water partition coefficient (Wildman–Crippen LogP) is 3.99. The van der Waals surface area contributed by atoms with Crippen molar-refractivity contribution in [2.45, 2.75) is 26.8 Å². The zero-order chi connectivity index (χ0) is 18.0. The van der Waals surface area contributed by atoms with Crippen molar-refractivity contribution >= 4 is 34.6 Å². The number of carbonyl (C=O) groups excluding carboxylic acids is 2. The van der Waals surface area contributed by atoms with Crippen LogP contribution in [0.5, 0.6) is 5.75 Å². The Morgan fingerprint density at radius 3 is 2.80 bits per heavy atom. The number of amides is 3. The Balaban J connectivity index is 1.70. The molecule has 25 heavy (non-hydrogen) atoms. The first-order chi connectivity index (χ1) is 11.8. The maximum absolute atomic E-state index is 12.5. The minimum Gasteiger partial charge on any atom is -0.482 e. The molecule has 1 aromatic carbocycles. The van der Waals surface area contributed by atoms with Gasteiger partial charge in [-0.1, -0.05) is 26.8 Å². The maximum Gasteiger partial charge on any atom is 0.319 e. The van der Waals surface area contributed by atoms with Crippen LogP contribution in [0.1, 0.15) is 31.7 Å². The average Bonchev–Trinajstić information content (AvgIpc) is 3.05. The lowest BCUT2D eigenvalue weighted by atomic mass is 9.86. The van der Waals surface area contributed by atoms with E-state index in [1.54, 1.807) is 29.5 Å². The van der Waals surface area contributed by atoms with Gasteiger partial charge >= 0.3 is 6.03 Å². The Morgan fingerprint density at radius 1 is 1.32 bits per heavy atom. The summed E-state index contributed by atoms with van der Waals surface area (Å²) in [4.78, 5) is 24.9. The second-order valence-electron chi connectivity index (χ2n) is 6.96. The van der Waals surface area contributed by atoms with Gasteiger partial charge in [0.05, 0.1) is 11.7 Å². The van der Waals surface area contributed by atoms with Crippen molar-refractivity contribution in [3.63, 3.8) is 0 Å². The van der Waals surface area contributed by atoms with E-state index in [1.165, 1.54) is 0 Å². The van der Waals surface area contributed by atoms with Gasteiger partial charge in [0, 0.05) is 16.6 Å². The van der Waals surface area contributed by atoms with Crippen molar-refractivity contribution in [2.24, 2.45) is 5.41 Å². The number of hydrogen-bond acceptors (Lipinski definition) is 4. The summed E-state index contributed by atoms with van der Waals surface area (Å²) in [5.41, 5.74) is 1.09. The number of urea groups is 1. The fraction of sp³-hybridized carbons (Fsp3) is 0.333. The van der Waals surface area contributed by atoms with Crippen LogP contribution in [0.2, 0.25) is 0 Å². The molecule has 0 bridgehead atoms. The molecule has 3 rings (SSSR count). The molecule has 0 radical (unpaired) electrons. The van der Waals surface area contributed by atoms with E-state index in [0.717, 1.165) is 4.88 Å². The maximum atomic E-state index is 12.5. The van der Waals surface area contributed by atoms with Crippen LogP contribution in [0.25, 0.3) is 0 Å². The highest BCUT2D eigenvalue weighted by Gasteiger charge is 2.28. The van der Waals surface area contributed by atoms with Crippen LogP contribution in [0.4, 0.5) is 16.2 Å². The van der Waals surface area contributed by atoms with E-state index < -0.39 is 0 Å². The van der Waals surface area contributed by atoms with E-state index in [0.29, 0.717) is 17.1 Å². The molecule has 1 aliphatic heterocycles. The van der Waals surface area contributed by atoms with E-state index >= 15 is 0 Å². The van der Waals surface area contributed by atoms with Crippen LogP contribution in [-0.4, -0.2) is 18.5 Å². The highest BCUT2D eigenvalue weighted by molar-refractivity contribution is 7.10. The number of carbonyl (C=O) groups is 2. The highest BCUT2D eigenvalue weighted by atomic mass is 32.1. The van der Waals surface area contributed by atoms with Gasteiger partial charge in [-0.15, -0.1) is 11.3 Å².